The van der Waals surface area contributed by atoms with Gasteiger partial charge in [-0.05, 0) is 30.9 Å². The van der Waals surface area contributed by atoms with Gasteiger partial charge >= 0.3 is 0 Å². The Morgan fingerprint density at radius 1 is 1.39 bits per heavy atom. The molecule has 100 valence electrons. The number of hydrogen-bond donors (Lipinski definition) is 1. The first-order valence-electron chi connectivity index (χ1n) is 6.04. The standard InChI is InChI=1S/C13H20N2O3/c1-9(2)6-10(3)18-8-11-4-5-12(14)13(7-11)15(16)17/h4-5,7,9-10H,6,8,14H2,1-3H3. The van der Waals surface area contributed by atoms with E-state index in [2.05, 4.69) is 13.8 Å². The van der Waals surface area contributed by atoms with E-state index in [0.717, 1.165) is 12.0 Å². The zero-order chi connectivity index (χ0) is 13.7. The van der Waals surface area contributed by atoms with Crippen molar-refractivity contribution in [1.82, 2.24) is 0 Å². The minimum atomic E-state index is -0.476. The lowest BCUT2D eigenvalue weighted by atomic mass is 10.1. The SMILES string of the molecule is CC(C)CC(C)OCc1ccc(N)c([N+](=O)[O-])c1. The Kier molecular flexibility index (Phi) is 5.09. The fraction of sp³-hybridized carbons (Fsp3) is 0.538. The predicted octanol–water partition coefficient (Wildman–Crippen LogP) is 3.13. The highest BCUT2D eigenvalue weighted by Gasteiger charge is 2.12. The summed E-state index contributed by atoms with van der Waals surface area (Å²) in [7, 11) is 0. The minimum Gasteiger partial charge on any atom is -0.393 e. The van der Waals surface area contributed by atoms with Crippen molar-refractivity contribution in [2.75, 3.05) is 5.73 Å². The van der Waals surface area contributed by atoms with Crippen LogP contribution >= 0.6 is 0 Å². The van der Waals surface area contributed by atoms with Crippen LogP contribution in [0.25, 0.3) is 0 Å². The molecule has 0 spiro atoms. The molecule has 0 aliphatic carbocycles. The Morgan fingerprint density at radius 3 is 2.61 bits per heavy atom. The van der Waals surface area contributed by atoms with E-state index in [9.17, 15) is 10.1 Å². The van der Waals surface area contributed by atoms with E-state index >= 15 is 0 Å². The molecule has 2 N–H and O–H groups in total. The van der Waals surface area contributed by atoms with Crippen molar-refractivity contribution in [3.05, 3.63) is 33.9 Å². The van der Waals surface area contributed by atoms with E-state index < -0.39 is 4.92 Å². The quantitative estimate of drug-likeness (QED) is 0.479. The van der Waals surface area contributed by atoms with Crippen LogP contribution in [-0.2, 0) is 11.3 Å². The molecule has 1 aromatic carbocycles. The summed E-state index contributed by atoms with van der Waals surface area (Å²) < 4.78 is 5.65. The highest BCUT2D eigenvalue weighted by atomic mass is 16.6. The highest BCUT2D eigenvalue weighted by molar-refractivity contribution is 5.59. The second kappa shape index (κ2) is 6.35. The summed E-state index contributed by atoms with van der Waals surface area (Å²) in [5.41, 5.74) is 6.42. The maximum atomic E-state index is 10.7. The minimum absolute atomic E-state index is 0.0624. The molecule has 5 heteroatoms. The van der Waals surface area contributed by atoms with Gasteiger partial charge in [-0.1, -0.05) is 19.9 Å². The van der Waals surface area contributed by atoms with Gasteiger partial charge < -0.3 is 10.5 Å². The van der Waals surface area contributed by atoms with Gasteiger partial charge in [-0.15, -0.1) is 0 Å². The molecule has 0 saturated carbocycles. The molecule has 1 rings (SSSR count). The lowest BCUT2D eigenvalue weighted by Crippen LogP contribution is -2.11. The van der Waals surface area contributed by atoms with Gasteiger partial charge in [0.15, 0.2) is 0 Å². The lowest BCUT2D eigenvalue weighted by Gasteiger charge is -2.15. The van der Waals surface area contributed by atoms with Crippen LogP contribution in [0.15, 0.2) is 18.2 Å². The topological polar surface area (TPSA) is 78.4 Å². The van der Waals surface area contributed by atoms with Gasteiger partial charge in [0, 0.05) is 6.07 Å². The molecule has 5 nitrogen and oxygen atoms in total. The Balaban J connectivity index is 2.63. The Hall–Kier alpha value is -1.62. The number of nitrogens with two attached hydrogens (primary N) is 1. The number of ether oxygens (including phenoxy) is 1. The van der Waals surface area contributed by atoms with Crippen molar-refractivity contribution in [1.29, 1.82) is 0 Å². The van der Waals surface area contributed by atoms with Gasteiger partial charge in [0.05, 0.1) is 17.6 Å². The van der Waals surface area contributed by atoms with Crippen molar-refractivity contribution in [3.8, 4) is 0 Å². The average Bonchev–Trinajstić information content (AvgIpc) is 2.26. The summed E-state index contributed by atoms with van der Waals surface area (Å²) in [5, 5.41) is 10.7. The Bertz CT molecular complexity index is 419. The van der Waals surface area contributed by atoms with Gasteiger partial charge in [-0.2, -0.15) is 0 Å². The first-order valence-corrected chi connectivity index (χ1v) is 6.04. The van der Waals surface area contributed by atoms with Crippen molar-refractivity contribution in [2.45, 2.75) is 39.9 Å². The van der Waals surface area contributed by atoms with Gasteiger partial charge in [0.25, 0.3) is 5.69 Å². The second-order valence-electron chi connectivity index (χ2n) is 4.90. The van der Waals surface area contributed by atoms with E-state index in [1.807, 2.05) is 6.92 Å². The summed E-state index contributed by atoms with van der Waals surface area (Å²) in [4.78, 5) is 10.3. The third-order valence-corrected chi connectivity index (χ3v) is 2.63. The maximum absolute atomic E-state index is 10.7. The molecular weight excluding hydrogens is 232 g/mol. The zero-order valence-corrected chi connectivity index (χ0v) is 11.1. The summed E-state index contributed by atoms with van der Waals surface area (Å²) in [6.07, 6.45) is 1.11. The molecule has 1 aromatic rings. The Morgan fingerprint density at radius 2 is 2.06 bits per heavy atom. The van der Waals surface area contributed by atoms with E-state index in [-0.39, 0.29) is 17.5 Å². The fourth-order valence-corrected chi connectivity index (χ4v) is 1.81. The molecule has 0 saturated heterocycles. The fourth-order valence-electron chi connectivity index (χ4n) is 1.81. The van der Waals surface area contributed by atoms with Gasteiger partial charge in [-0.3, -0.25) is 10.1 Å². The van der Waals surface area contributed by atoms with Gasteiger partial charge in [0.2, 0.25) is 0 Å². The molecule has 1 atom stereocenters. The molecular formula is C13H20N2O3. The van der Waals surface area contributed by atoms with Crippen molar-refractivity contribution in [3.63, 3.8) is 0 Å². The number of hydrogen-bond acceptors (Lipinski definition) is 4. The largest absolute Gasteiger partial charge is 0.393 e. The lowest BCUT2D eigenvalue weighted by molar-refractivity contribution is -0.384. The molecule has 0 heterocycles. The number of nitro benzene ring substituents is 1. The molecule has 0 aliphatic heterocycles. The molecule has 0 bridgehead atoms. The number of anilines is 1. The van der Waals surface area contributed by atoms with Crippen LogP contribution in [0.5, 0.6) is 0 Å². The first kappa shape index (κ1) is 14.4. The van der Waals surface area contributed by atoms with Gasteiger partial charge in [-0.25, -0.2) is 0 Å². The van der Waals surface area contributed by atoms with Crippen LogP contribution < -0.4 is 5.73 Å². The molecule has 1 unspecified atom stereocenters. The van der Waals surface area contributed by atoms with Crippen LogP contribution in [0, 0.1) is 16.0 Å². The Labute approximate surface area is 107 Å². The van der Waals surface area contributed by atoms with Crippen molar-refractivity contribution >= 4 is 11.4 Å². The predicted molar refractivity (Wildman–Crippen MR) is 71.2 cm³/mol. The van der Waals surface area contributed by atoms with E-state index in [0.29, 0.717) is 12.5 Å². The molecule has 18 heavy (non-hydrogen) atoms. The summed E-state index contributed by atoms with van der Waals surface area (Å²) >= 11 is 0. The number of nitrogen functional groups attached to an aromatic ring is 1. The maximum Gasteiger partial charge on any atom is 0.292 e. The summed E-state index contributed by atoms with van der Waals surface area (Å²) in [6.45, 7) is 6.64. The number of benzene rings is 1. The molecule has 0 aliphatic rings. The smallest absolute Gasteiger partial charge is 0.292 e. The molecule has 0 amide bonds. The zero-order valence-electron chi connectivity index (χ0n) is 11.1. The third-order valence-electron chi connectivity index (χ3n) is 2.63. The van der Waals surface area contributed by atoms with Crippen LogP contribution in [-0.4, -0.2) is 11.0 Å². The van der Waals surface area contributed by atoms with Crippen LogP contribution in [0.4, 0.5) is 11.4 Å². The highest BCUT2D eigenvalue weighted by Crippen LogP contribution is 2.23. The van der Waals surface area contributed by atoms with Crippen LogP contribution in [0.2, 0.25) is 0 Å². The van der Waals surface area contributed by atoms with Gasteiger partial charge in [0.1, 0.15) is 5.69 Å². The van der Waals surface area contributed by atoms with Crippen LogP contribution in [0.3, 0.4) is 0 Å². The van der Waals surface area contributed by atoms with Crippen molar-refractivity contribution < 1.29 is 9.66 Å². The molecule has 0 fully saturated rings. The average molecular weight is 252 g/mol. The van der Waals surface area contributed by atoms with Crippen molar-refractivity contribution in [2.24, 2.45) is 5.92 Å². The number of nitro groups is 1. The number of rotatable bonds is 6. The van der Waals surface area contributed by atoms with Crippen LogP contribution in [0.1, 0.15) is 32.8 Å². The third kappa shape index (κ3) is 4.33. The normalized spacial score (nSPS) is 12.7. The molecule has 0 aromatic heterocycles. The molecule has 0 radical (unpaired) electrons. The van der Waals surface area contributed by atoms with E-state index in [1.165, 1.54) is 6.07 Å². The second-order valence-corrected chi connectivity index (χ2v) is 4.90. The van der Waals surface area contributed by atoms with E-state index in [4.69, 9.17) is 10.5 Å². The summed E-state index contributed by atoms with van der Waals surface area (Å²) in [6, 6.07) is 4.77. The summed E-state index contributed by atoms with van der Waals surface area (Å²) in [5.74, 6) is 0.570. The first-order chi connectivity index (χ1) is 8.40. The van der Waals surface area contributed by atoms with E-state index in [1.54, 1.807) is 12.1 Å². The number of nitrogens with zero attached hydrogens (tertiary/aromatic N) is 1. The monoisotopic (exact) mass is 252 g/mol.